The minimum atomic E-state index is -1.03. The van der Waals surface area contributed by atoms with Crippen LogP contribution in [0.3, 0.4) is 0 Å². The van der Waals surface area contributed by atoms with E-state index in [0.29, 0.717) is 0 Å². The highest BCUT2D eigenvalue weighted by Gasteiger charge is 2.28. The number of carbonyl (C=O) groups is 3. The topological polar surface area (TPSA) is 124 Å². The summed E-state index contributed by atoms with van der Waals surface area (Å²) in [4.78, 5) is 37.2. The lowest BCUT2D eigenvalue weighted by atomic mass is 10.1. The van der Waals surface area contributed by atoms with Crippen LogP contribution in [0.2, 0.25) is 0 Å². The molecule has 1 rings (SSSR count). The maximum absolute atomic E-state index is 12.5. The van der Waals surface area contributed by atoms with Crippen LogP contribution in [0.25, 0.3) is 0 Å². The lowest BCUT2D eigenvalue weighted by molar-refractivity contribution is -0.141. The second kappa shape index (κ2) is 10.2. The molecule has 1 unspecified atom stereocenters. The molecular formula is C18H26N2O8. The van der Waals surface area contributed by atoms with E-state index in [0.717, 1.165) is 0 Å². The summed E-state index contributed by atoms with van der Waals surface area (Å²) >= 11 is 0. The molecule has 0 aromatic heterocycles. The van der Waals surface area contributed by atoms with E-state index in [4.69, 9.17) is 24.1 Å². The van der Waals surface area contributed by atoms with Gasteiger partial charge in [0.15, 0.2) is 11.5 Å². The van der Waals surface area contributed by atoms with Gasteiger partial charge in [-0.15, -0.1) is 0 Å². The van der Waals surface area contributed by atoms with Gasteiger partial charge in [-0.3, -0.25) is 4.79 Å². The highest BCUT2D eigenvalue weighted by atomic mass is 16.5. The van der Waals surface area contributed by atoms with Crippen LogP contribution in [-0.2, 0) is 9.53 Å². The van der Waals surface area contributed by atoms with Gasteiger partial charge in [0.1, 0.15) is 5.56 Å². The molecule has 1 atom stereocenters. The predicted molar refractivity (Wildman–Crippen MR) is 101 cm³/mol. The Hall–Kier alpha value is -3.17. The summed E-state index contributed by atoms with van der Waals surface area (Å²) in [5.41, 5.74) is 0.0304. The smallest absolute Gasteiger partial charge is 0.344 e. The number of hydrogen-bond acceptors (Lipinski definition) is 7. The van der Waals surface area contributed by atoms with Crippen molar-refractivity contribution in [2.75, 3.05) is 46.8 Å². The molecule has 0 aliphatic carbocycles. The first-order chi connectivity index (χ1) is 13.2. The molecule has 1 aromatic carbocycles. The highest BCUT2D eigenvalue weighted by Crippen LogP contribution is 2.44. The van der Waals surface area contributed by atoms with Gasteiger partial charge in [0, 0.05) is 19.7 Å². The molecule has 2 amide bonds. The third-order valence-electron chi connectivity index (χ3n) is 3.87. The number of nitrogens with zero attached hydrogens (tertiary/aromatic N) is 1. The highest BCUT2D eigenvalue weighted by molar-refractivity contribution is 6.04. The van der Waals surface area contributed by atoms with E-state index in [-0.39, 0.29) is 41.7 Å². The van der Waals surface area contributed by atoms with Gasteiger partial charge in [0.2, 0.25) is 5.75 Å². The number of hydrogen-bond donors (Lipinski definition) is 2. The Kier molecular flexibility index (Phi) is 8.36. The van der Waals surface area contributed by atoms with E-state index in [1.54, 1.807) is 6.92 Å². The van der Waals surface area contributed by atoms with E-state index in [9.17, 15) is 14.4 Å². The van der Waals surface area contributed by atoms with Crippen molar-refractivity contribution < 1.29 is 38.4 Å². The summed E-state index contributed by atoms with van der Waals surface area (Å²) < 4.78 is 20.9. The minimum absolute atomic E-state index is 0.0274. The zero-order chi connectivity index (χ0) is 21.4. The molecule has 1 aromatic rings. The number of ether oxygens (including phenoxy) is 4. The Morgan fingerprint density at radius 2 is 1.75 bits per heavy atom. The molecule has 0 aliphatic heterocycles. The van der Waals surface area contributed by atoms with Crippen molar-refractivity contribution in [1.82, 2.24) is 4.90 Å². The Labute approximate surface area is 163 Å². The first-order valence-corrected chi connectivity index (χ1v) is 8.46. The van der Waals surface area contributed by atoms with Gasteiger partial charge < -0.3 is 34.3 Å². The largest absolute Gasteiger partial charge is 0.493 e. The number of methoxy groups -OCH3 is 3. The SMILES string of the molecule is CCOC(=O)c1c(NC(=O)N(C)CC(C)C(=O)O)cc(OC)c(OC)c1OC. The maximum Gasteiger partial charge on any atom is 0.344 e. The van der Waals surface area contributed by atoms with Gasteiger partial charge in [-0.1, -0.05) is 6.92 Å². The average molecular weight is 398 g/mol. The van der Waals surface area contributed by atoms with Crippen LogP contribution in [0.1, 0.15) is 24.2 Å². The second-order valence-corrected chi connectivity index (χ2v) is 5.84. The van der Waals surface area contributed by atoms with Crippen LogP contribution < -0.4 is 19.5 Å². The molecule has 0 heterocycles. The maximum atomic E-state index is 12.5. The summed E-state index contributed by atoms with van der Waals surface area (Å²) in [5.74, 6) is -2.09. The van der Waals surface area contributed by atoms with E-state index >= 15 is 0 Å². The minimum Gasteiger partial charge on any atom is -0.493 e. The summed E-state index contributed by atoms with van der Waals surface area (Å²) in [6.45, 7) is 3.21. The first-order valence-electron chi connectivity index (χ1n) is 8.46. The number of carboxylic acids is 1. The van der Waals surface area contributed by atoms with Crippen molar-refractivity contribution in [2.45, 2.75) is 13.8 Å². The zero-order valence-corrected chi connectivity index (χ0v) is 16.8. The van der Waals surface area contributed by atoms with Crippen molar-refractivity contribution >= 4 is 23.7 Å². The Morgan fingerprint density at radius 3 is 2.21 bits per heavy atom. The molecular weight excluding hydrogens is 372 g/mol. The van der Waals surface area contributed by atoms with Crippen LogP contribution in [0.4, 0.5) is 10.5 Å². The van der Waals surface area contributed by atoms with Crippen molar-refractivity contribution in [1.29, 1.82) is 0 Å². The van der Waals surface area contributed by atoms with Crippen LogP contribution >= 0.6 is 0 Å². The molecule has 28 heavy (non-hydrogen) atoms. The Balaban J connectivity index is 3.37. The average Bonchev–Trinajstić information content (AvgIpc) is 2.66. The summed E-state index contributed by atoms with van der Waals surface area (Å²) in [6.07, 6.45) is 0. The van der Waals surface area contributed by atoms with Crippen molar-refractivity contribution in [3.63, 3.8) is 0 Å². The normalized spacial score (nSPS) is 11.2. The van der Waals surface area contributed by atoms with Crippen molar-refractivity contribution in [3.05, 3.63) is 11.6 Å². The van der Waals surface area contributed by atoms with E-state index in [2.05, 4.69) is 5.32 Å². The molecule has 0 fully saturated rings. The summed E-state index contributed by atoms with van der Waals surface area (Å²) in [7, 11) is 5.56. The number of benzene rings is 1. The third kappa shape index (κ3) is 5.18. The number of anilines is 1. The number of carbonyl (C=O) groups excluding carboxylic acids is 2. The van der Waals surface area contributed by atoms with Crippen LogP contribution in [0.15, 0.2) is 6.07 Å². The number of carboxylic acid groups (broad SMARTS) is 1. The molecule has 156 valence electrons. The van der Waals surface area contributed by atoms with Crippen molar-refractivity contribution in [2.24, 2.45) is 5.92 Å². The predicted octanol–water partition coefficient (Wildman–Crippen LogP) is 2.07. The van der Waals surface area contributed by atoms with E-state index in [1.165, 1.54) is 46.3 Å². The monoisotopic (exact) mass is 398 g/mol. The first kappa shape index (κ1) is 22.9. The molecule has 10 nitrogen and oxygen atoms in total. The number of esters is 1. The fourth-order valence-corrected chi connectivity index (χ4v) is 2.44. The summed E-state index contributed by atoms with van der Waals surface area (Å²) in [5, 5.41) is 11.6. The van der Waals surface area contributed by atoms with E-state index in [1.807, 2.05) is 0 Å². The molecule has 0 radical (unpaired) electrons. The molecule has 10 heteroatoms. The third-order valence-corrected chi connectivity index (χ3v) is 3.87. The van der Waals surface area contributed by atoms with Crippen LogP contribution in [0, 0.1) is 5.92 Å². The quantitative estimate of drug-likeness (QED) is 0.606. The standard InChI is InChI=1S/C18H26N2O8/c1-7-28-17(23)13-11(8-12(25-4)14(26-5)15(13)27-6)19-18(24)20(3)9-10(2)16(21)22/h8,10H,7,9H2,1-6H3,(H,19,24)(H,21,22). The fourth-order valence-electron chi connectivity index (χ4n) is 2.44. The van der Waals surface area contributed by atoms with Gasteiger partial charge in [0.25, 0.3) is 0 Å². The number of amides is 2. The van der Waals surface area contributed by atoms with Crippen LogP contribution in [-0.4, -0.2) is 69.5 Å². The lowest BCUT2D eigenvalue weighted by Gasteiger charge is -2.23. The number of rotatable bonds is 9. The Morgan fingerprint density at radius 1 is 1.14 bits per heavy atom. The van der Waals surface area contributed by atoms with E-state index < -0.39 is 23.9 Å². The van der Waals surface area contributed by atoms with Gasteiger partial charge in [-0.2, -0.15) is 0 Å². The lowest BCUT2D eigenvalue weighted by Crippen LogP contribution is -2.37. The fraction of sp³-hybridized carbons (Fsp3) is 0.500. The molecule has 0 saturated carbocycles. The van der Waals surface area contributed by atoms with Gasteiger partial charge in [0.05, 0.1) is 39.5 Å². The molecule has 0 spiro atoms. The van der Waals surface area contributed by atoms with Crippen LogP contribution in [0.5, 0.6) is 17.2 Å². The Bertz CT molecular complexity index is 735. The molecule has 2 N–H and O–H groups in total. The van der Waals surface area contributed by atoms with Gasteiger partial charge >= 0.3 is 18.0 Å². The molecule has 0 saturated heterocycles. The zero-order valence-electron chi connectivity index (χ0n) is 16.8. The number of aliphatic carboxylic acids is 1. The number of urea groups is 1. The van der Waals surface area contributed by atoms with Gasteiger partial charge in [-0.25, -0.2) is 9.59 Å². The van der Waals surface area contributed by atoms with Gasteiger partial charge in [-0.05, 0) is 6.92 Å². The number of nitrogens with one attached hydrogen (secondary N) is 1. The van der Waals surface area contributed by atoms with Crippen molar-refractivity contribution in [3.8, 4) is 17.2 Å². The molecule has 0 bridgehead atoms. The summed E-state index contributed by atoms with van der Waals surface area (Å²) in [6, 6.07) is 0.785. The second-order valence-electron chi connectivity index (χ2n) is 5.84. The molecule has 0 aliphatic rings.